The maximum absolute atomic E-state index is 10.9. The van der Waals surface area contributed by atoms with Gasteiger partial charge in [-0.15, -0.1) is 0 Å². The van der Waals surface area contributed by atoms with E-state index in [9.17, 15) is 17.8 Å². The molecule has 0 atom stereocenters. The van der Waals surface area contributed by atoms with Crippen molar-refractivity contribution in [1.82, 2.24) is 0 Å². The summed E-state index contributed by atoms with van der Waals surface area (Å²) in [6.45, 7) is 3.21. The standard InChI is InChI=1S/C9H9NO4S.Na/c1-2-9(11)10-7-5-3-4-6-8(7)15(12,13)14;/h2-6H,1H2,(H,10,11)(H,12,13,14);/q;+1/p-1. The van der Waals surface area contributed by atoms with Crippen molar-refractivity contribution in [2.45, 2.75) is 4.90 Å². The number of anilines is 1. The molecule has 1 rings (SSSR count). The monoisotopic (exact) mass is 249 g/mol. The van der Waals surface area contributed by atoms with Gasteiger partial charge in [0.15, 0.2) is 0 Å². The molecule has 0 saturated carbocycles. The second-order valence-corrected chi connectivity index (χ2v) is 3.99. The molecule has 1 aromatic carbocycles. The van der Waals surface area contributed by atoms with Gasteiger partial charge in [-0.25, -0.2) is 8.42 Å². The first kappa shape index (κ1) is 15.3. The van der Waals surface area contributed by atoms with Crippen molar-refractivity contribution in [2.24, 2.45) is 0 Å². The van der Waals surface area contributed by atoms with E-state index in [0.29, 0.717) is 0 Å². The number of hydrogen-bond acceptors (Lipinski definition) is 4. The first-order chi connectivity index (χ1) is 6.95. The smallest absolute Gasteiger partial charge is 0.744 e. The van der Waals surface area contributed by atoms with Gasteiger partial charge in [0.25, 0.3) is 0 Å². The van der Waals surface area contributed by atoms with Crippen LogP contribution in [0.15, 0.2) is 41.8 Å². The molecule has 5 nitrogen and oxygen atoms in total. The fourth-order valence-corrected chi connectivity index (χ4v) is 1.61. The van der Waals surface area contributed by atoms with Crippen molar-refractivity contribution in [1.29, 1.82) is 0 Å². The second kappa shape index (κ2) is 6.17. The summed E-state index contributed by atoms with van der Waals surface area (Å²) < 4.78 is 32.4. The zero-order chi connectivity index (χ0) is 11.5. The minimum atomic E-state index is -4.59. The minimum Gasteiger partial charge on any atom is -0.744 e. The Balaban J connectivity index is 0.00000225. The summed E-state index contributed by atoms with van der Waals surface area (Å²) >= 11 is 0. The van der Waals surface area contributed by atoms with Crippen molar-refractivity contribution >= 4 is 21.7 Å². The van der Waals surface area contributed by atoms with Crippen molar-refractivity contribution in [2.75, 3.05) is 5.32 Å². The van der Waals surface area contributed by atoms with Crippen molar-refractivity contribution in [3.05, 3.63) is 36.9 Å². The molecule has 0 unspecified atom stereocenters. The maximum atomic E-state index is 10.9. The SMILES string of the molecule is C=CC(=O)Nc1ccccc1S(=O)(=O)[O-].[Na+]. The van der Waals surface area contributed by atoms with Crippen molar-refractivity contribution in [3.8, 4) is 0 Å². The normalized spacial score (nSPS) is 10.1. The number of para-hydroxylation sites is 1. The molecular weight excluding hydrogens is 241 g/mol. The Kier molecular flexibility index (Phi) is 5.91. The molecule has 1 N–H and O–H groups in total. The molecule has 0 saturated heterocycles. The molecule has 0 aliphatic heterocycles. The molecule has 0 radical (unpaired) electrons. The Morgan fingerprint density at radius 1 is 1.38 bits per heavy atom. The van der Waals surface area contributed by atoms with Crippen LogP contribution in [0.2, 0.25) is 0 Å². The molecule has 0 aliphatic carbocycles. The Morgan fingerprint density at radius 3 is 2.44 bits per heavy atom. The summed E-state index contributed by atoms with van der Waals surface area (Å²) in [4.78, 5) is 10.5. The first-order valence-corrected chi connectivity index (χ1v) is 5.34. The molecule has 7 heteroatoms. The topological polar surface area (TPSA) is 86.3 Å². The van der Waals surface area contributed by atoms with Crippen molar-refractivity contribution in [3.63, 3.8) is 0 Å². The van der Waals surface area contributed by atoms with Crippen LogP contribution in [0.1, 0.15) is 0 Å². The van der Waals surface area contributed by atoms with Gasteiger partial charge in [-0.1, -0.05) is 18.7 Å². The van der Waals surface area contributed by atoms with E-state index in [1.807, 2.05) is 0 Å². The summed E-state index contributed by atoms with van der Waals surface area (Å²) in [6.07, 6.45) is 0.980. The Labute approximate surface area is 116 Å². The van der Waals surface area contributed by atoms with Gasteiger partial charge in [-0.3, -0.25) is 4.79 Å². The zero-order valence-corrected chi connectivity index (χ0v) is 11.5. The molecule has 0 fully saturated rings. The van der Waals surface area contributed by atoms with Crippen LogP contribution in [0.4, 0.5) is 5.69 Å². The van der Waals surface area contributed by atoms with Crippen LogP contribution < -0.4 is 34.9 Å². The van der Waals surface area contributed by atoms with Gasteiger partial charge >= 0.3 is 29.6 Å². The molecule has 16 heavy (non-hydrogen) atoms. The fourth-order valence-electron chi connectivity index (χ4n) is 0.972. The van der Waals surface area contributed by atoms with Crippen LogP contribution in [0.5, 0.6) is 0 Å². The summed E-state index contributed by atoms with van der Waals surface area (Å²) in [5.41, 5.74) is -0.0441. The van der Waals surface area contributed by atoms with Gasteiger partial charge in [0, 0.05) is 0 Å². The molecule has 0 bridgehead atoms. The quantitative estimate of drug-likeness (QED) is 0.371. The van der Waals surface area contributed by atoms with Gasteiger partial charge < -0.3 is 9.87 Å². The predicted octanol–water partition coefficient (Wildman–Crippen LogP) is -2.28. The fraction of sp³-hybridized carbons (Fsp3) is 0. The van der Waals surface area contributed by atoms with Crippen LogP contribution in [0.25, 0.3) is 0 Å². The van der Waals surface area contributed by atoms with E-state index in [0.717, 1.165) is 12.1 Å². The molecule has 0 heterocycles. The molecule has 1 aromatic rings. The van der Waals surface area contributed by atoms with Gasteiger partial charge in [0.1, 0.15) is 10.1 Å². The van der Waals surface area contributed by atoms with E-state index >= 15 is 0 Å². The Morgan fingerprint density at radius 2 is 1.94 bits per heavy atom. The number of carbonyl (C=O) groups is 1. The van der Waals surface area contributed by atoms with E-state index < -0.39 is 20.9 Å². The van der Waals surface area contributed by atoms with E-state index in [1.54, 1.807) is 0 Å². The van der Waals surface area contributed by atoms with E-state index in [2.05, 4.69) is 11.9 Å². The molecule has 0 aliphatic rings. The average Bonchev–Trinajstić information content (AvgIpc) is 2.17. The minimum absolute atomic E-state index is 0. The Bertz CT molecular complexity index is 498. The third kappa shape index (κ3) is 4.07. The average molecular weight is 249 g/mol. The van der Waals surface area contributed by atoms with E-state index in [4.69, 9.17) is 0 Å². The second-order valence-electron chi connectivity index (χ2n) is 2.64. The number of hydrogen-bond donors (Lipinski definition) is 1. The van der Waals surface area contributed by atoms with Gasteiger partial charge in [0.05, 0.1) is 10.6 Å². The number of amides is 1. The first-order valence-electron chi connectivity index (χ1n) is 3.93. The summed E-state index contributed by atoms with van der Waals surface area (Å²) in [7, 11) is -4.59. The number of nitrogens with one attached hydrogen (secondary N) is 1. The predicted molar refractivity (Wildman–Crippen MR) is 53.2 cm³/mol. The van der Waals surface area contributed by atoms with Gasteiger partial charge in [-0.05, 0) is 18.2 Å². The molecule has 1 amide bonds. The van der Waals surface area contributed by atoms with Gasteiger partial charge in [0.2, 0.25) is 5.91 Å². The zero-order valence-electron chi connectivity index (χ0n) is 8.64. The molecule has 0 aromatic heterocycles. The van der Waals surface area contributed by atoms with Crippen LogP contribution in [0.3, 0.4) is 0 Å². The number of rotatable bonds is 3. The third-order valence-corrected chi connectivity index (χ3v) is 2.49. The largest absolute Gasteiger partial charge is 1.00 e. The van der Waals surface area contributed by atoms with E-state index in [-0.39, 0.29) is 35.2 Å². The molecular formula is C9H8NNaO4S. The summed E-state index contributed by atoms with van der Waals surface area (Å²) in [6, 6.07) is 5.36. The maximum Gasteiger partial charge on any atom is 1.00 e. The number of carbonyl (C=O) groups excluding carboxylic acids is 1. The van der Waals surface area contributed by atoms with E-state index in [1.165, 1.54) is 18.2 Å². The summed E-state index contributed by atoms with van der Waals surface area (Å²) in [5.74, 6) is -0.578. The van der Waals surface area contributed by atoms with Crippen LogP contribution in [-0.2, 0) is 14.9 Å². The van der Waals surface area contributed by atoms with Crippen LogP contribution in [0, 0.1) is 0 Å². The van der Waals surface area contributed by atoms with Crippen LogP contribution in [-0.4, -0.2) is 18.9 Å². The number of benzene rings is 1. The molecule has 0 spiro atoms. The van der Waals surface area contributed by atoms with Crippen LogP contribution >= 0.6 is 0 Å². The third-order valence-electron chi connectivity index (χ3n) is 1.60. The molecule has 80 valence electrons. The van der Waals surface area contributed by atoms with Crippen molar-refractivity contribution < 1.29 is 47.3 Å². The van der Waals surface area contributed by atoms with Gasteiger partial charge in [-0.2, -0.15) is 0 Å². The Hall–Kier alpha value is -0.660. The summed E-state index contributed by atoms with van der Waals surface area (Å²) in [5, 5.41) is 2.23.